The van der Waals surface area contributed by atoms with Crippen LogP contribution < -0.4 is 10.6 Å². The predicted molar refractivity (Wildman–Crippen MR) is 187 cm³/mol. The van der Waals surface area contributed by atoms with E-state index in [0.29, 0.717) is 39.5 Å². The van der Waals surface area contributed by atoms with Crippen LogP contribution in [0.2, 0.25) is 5.02 Å². The lowest BCUT2D eigenvalue weighted by Gasteiger charge is -2.40. The summed E-state index contributed by atoms with van der Waals surface area (Å²) in [4.78, 5) is 39.5. The summed E-state index contributed by atoms with van der Waals surface area (Å²) in [6.45, 7) is 14.1. The van der Waals surface area contributed by atoms with Gasteiger partial charge in [0.1, 0.15) is 5.82 Å². The lowest BCUT2D eigenvalue weighted by molar-refractivity contribution is -0.129. The Balaban J connectivity index is 1.84. The number of piperazine rings is 1. The molecule has 1 amide bonds. The first-order valence-electron chi connectivity index (χ1n) is 15.3. The minimum Gasteiger partial charge on any atom is -0.350 e. The van der Waals surface area contributed by atoms with Crippen LogP contribution in [0.4, 0.5) is 10.2 Å². The van der Waals surface area contributed by atoms with Crippen molar-refractivity contribution in [1.29, 1.82) is 0 Å². The molecule has 11 heteroatoms. The summed E-state index contributed by atoms with van der Waals surface area (Å²) in [6.07, 6.45) is 3.45. The maximum atomic E-state index is 14.4. The van der Waals surface area contributed by atoms with Crippen molar-refractivity contribution < 1.29 is 9.18 Å². The van der Waals surface area contributed by atoms with Gasteiger partial charge in [0.2, 0.25) is 0 Å². The van der Waals surface area contributed by atoms with Gasteiger partial charge >= 0.3 is 5.69 Å². The van der Waals surface area contributed by atoms with E-state index in [1.807, 2.05) is 68.1 Å². The number of aromatic nitrogens is 3. The van der Waals surface area contributed by atoms with Crippen molar-refractivity contribution in [2.45, 2.75) is 52.5 Å². The maximum absolute atomic E-state index is 14.4. The number of carbonyl (C=O) groups is 1. The summed E-state index contributed by atoms with van der Waals surface area (Å²) in [5.74, 6) is -1.22. The summed E-state index contributed by atoms with van der Waals surface area (Å²) >= 11 is 7.06. The summed E-state index contributed by atoms with van der Waals surface area (Å²) in [5.41, 5.74) is 4.77. The van der Waals surface area contributed by atoms with Gasteiger partial charge in [-0.3, -0.25) is 14.3 Å². The molecule has 0 unspecified atom stereocenters. The average molecular weight is 634 g/mol. The molecule has 7 nitrogen and oxygen atoms in total. The van der Waals surface area contributed by atoms with E-state index in [2.05, 4.69) is 25.4 Å². The van der Waals surface area contributed by atoms with Crippen LogP contribution in [0.15, 0.2) is 71.2 Å². The number of amides is 1. The van der Waals surface area contributed by atoms with Gasteiger partial charge in [-0.2, -0.15) is 10.4 Å². The zero-order chi connectivity index (χ0) is 33.4. The Morgan fingerprint density at radius 3 is 2.43 bits per heavy atom. The Hall–Kier alpha value is -4.17. The summed E-state index contributed by atoms with van der Waals surface area (Å²) in [7, 11) is 11.7. The predicted octanol–water partition coefficient (Wildman–Crippen LogP) is 6.50. The normalized spacial score (nSPS) is 15.1. The number of nitrogens with zero attached hydrogens (tertiary/aromatic N) is 5. The van der Waals surface area contributed by atoms with Crippen molar-refractivity contribution in [1.82, 2.24) is 19.4 Å². The highest BCUT2D eigenvalue weighted by Crippen LogP contribution is 2.39. The fraction of sp³-hybridized carbons (Fsp3) is 0.314. The molecule has 0 aliphatic carbocycles. The van der Waals surface area contributed by atoms with Crippen LogP contribution in [0, 0.1) is 0 Å². The molecular formula is C35H35B2ClFN5O2. The topological polar surface area (TPSA) is 71.3 Å². The molecule has 0 spiro atoms. The Morgan fingerprint density at radius 1 is 1.09 bits per heavy atom. The fourth-order valence-electron chi connectivity index (χ4n) is 6.17. The zero-order valence-electron chi connectivity index (χ0n) is 26.7. The van der Waals surface area contributed by atoms with Gasteiger partial charge in [-0.25, -0.2) is 9.18 Å². The lowest BCUT2D eigenvalue weighted by Crippen LogP contribution is -2.54. The molecule has 1 saturated heterocycles. The number of benzene rings is 2. The Labute approximate surface area is 276 Å². The molecule has 0 N–H and O–H groups in total. The van der Waals surface area contributed by atoms with Crippen LogP contribution >= 0.6 is 11.6 Å². The summed E-state index contributed by atoms with van der Waals surface area (Å²) in [6, 6.07) is 13.0. The van der Waals surface area contributed by atoms with Crippen LogP contribution in [0.25, 0.3) is 33.8 Å². The summed E-state index contributed by atoms with van der Waals surface area (Å²) in [5, 5.41) is 1.23. The number of anilines is 1. The van der Waals surface area contributed by atoms with E-state index in [1.54, 1.807) is 16.8 Å². The molecule has 1 aliphatic rings. The van der Waals surface area contributed by atoms with Gasteiger partial charge < -0.3 is 9.80 Å². The van der Waals surface area contributed by atoms with Gasteiger partial charge in [0.05, 0.1) is 32.6 Å². The highest BCUT2D eigenvalue weighted by Gasteiger charge is 2.31. The van der Waals surface area contributed by atoms with E-state index in [1.165, 1.54) is 4.90 Å². The molecule has 2 aromatic heterocycles. The molecule has 4 radical (unpaired) electrons. The number of pyridine rings is 1. The van der Waals surface area contributed by atoms with Crippen LogP contribution in [0.1, 0.15) is 63.3 Å². The van der Waals surface area contributed by atoms with Gasteiger partial charge in [-0.15, -0.1) is 0 Å². The fourth-order valence-corrected chi connectivity index (χ4v) is 6.43. The molecule has 5 rings (SSSR count). The van der Waals surface area contributed by atoms with Crippen molar-refractivity contribution in [3.8, 4) is 16.8 Å². The van der Waals surface area contributed by atoms with Crippen molar-refractivity contribution in [2.75, 3.05) is 24.5 Å². The SMILES string of the molecule is [B]C([B])=Cc1ccccc1-c1cc2c(cc1Cl)c(N1CCN(C(=O)C(=C)F)C[C@@H]1C)nc(=O)n2-c1c(C(C)C)ccnc1C(C)C. The van der Waals surface area contributed by atoms with Crippen molar-refractivity contribution in [3.05, 3.63) is 98.8 Å². The van der Waals surface area contributed by atoms with E-state index in [4.69, 9.17) is 32.3 Å². The number of carbonyl (C=O) groups excluding carboxylic acids is 1. The Kier molecular flexibility index (Phi) is 9.59. The van der Waals surface area contributed by atoms with E-state index < -0.39 is 17.4 Å². The van der Waals surface area contributed by atoms with Crippen molar-refractivity contribution >= 4 is 56.0 Å². The Morgan fingerprint density at radius 2 is 1.80 bits per heavy atom. The quantitative estimate of drug-likeness (QED) is 0.172. The second-order valence-electron chi connectivity index (χ2n) is 12.3. The largest absolute Gasteiger partial charge is 0.354 e. The standard InChI is InChI=1S/C35H35B2ClFN5O2/c1-19(2)24-11-12-40-31(20(3)4)32(24)44-29-17-26(25-10-8-7-9-23(25)15-30(36)37)28(38)16-27(29)33(41-35(44)46)43-14-13-42(18-21(43)5)34(45)22(6)39/h7-12,15-17,19-21H,6,13-14,18H2,1-5H3/t21-/m0/s1. The maximum Gasteiger partial charge on any atom is 0.354 e. The minimum atomic E-state index is -1.00. The molecule has 0 bridgehead atoms. The van der Waals surface area contributed by atoms with Gasteiger partial charge in [-0.05, 0) is 53.6 Å². The van der Waals surface area contributed by atoms with Gasteiger partial charge in [0.15, 0.2) is 5.83 Å². The second kappa shape index (κ2) is 13.3. The van der Waals surface area contributed by atoms with Crippen LogP contribution in [-0.4, -0.2) is 66.7 Å². The van der Waals surface area contributed by atoms with E-state index in [0.717, 1.165) is 22.4 Å². The smallest absolute Gasteiger partial charge is 0.350 e. The summed E-state index contributed by atoms with van der Waals surface area (Å²) < 4.78 is 15.3. The number of hydrogen-bond donors (Lipinski definition) is 0. The van der Waals surface area contributed by atoms with Gasteiger partial charge in [0.25, 0.3) is 5.91 Å². The molecule has 0 saturated carbocycles. The molecular weight excluding hydrogens is 598 g/mol. The number of hydrogen-bond acceptors (Lipinski definition) is 5. The van der Waals surface area contributed by atoms with Gasteiger partial charge in [-0.1, -0.05) is 76.2 Å². The van der Waals surface area contributed by atoms with E-state index >= 15 is 0 Å². The third kappa shape index (κ3) is 6.27. The number of halogens is 2. The molecule has 2 aromatic carbocycles. The molecule has 4 aromatic rings. The molecule has 46 heavy (non-hydrogen) atoms. The third-order valence-electron chi connectivity index (χ3n) is 8.33. The molecule has 1 fully saturated rings. The third-order valence-corrected chi connectivity index (χ3v) is 8.64. The van der Waals surface area contributed by atoms with Crippen LogP contribution in [0.3, 0.4) is 0 Å². The molecule has 232 valence electrons. The number of rotatable bonds is 7. The lowest BCUT2D eigenvalue weighted by atomic mass is 9.77. The second-order valence-corrected chi connectivity index (χ2v) is 12.7. The first-order chi connectivity index (χ1) is 21.8. The van der Waals surface area contributed by atoms with Gasteiger partial charge in [0, 0.05) is 47.8 Å². The first kappa shape index (κ1) is 33.2. The van der Waals surface area contributed by atoms with E-state index in [-0.39, 0.29) is 36.3 Å². The van der Waals surface area contributed by atoms with Crippen LogP contribution in [0.5, 0.6) is 0 Å². The average Bonchev–Trinajstić information content (AvgIpc) is 3.00. The minimum absolute atomic E-state index is 0.0105. The molecule has 1 aliphatic heterocycles. The number of fused-ring (bicyclic) bond motifs is 1. The van der Waals surface area contributed by atoms with Crippen LogP contribution in [-0.2, 0) is 4.79 Å². The molecule has 3 heterocycles. The van der Waals surface area contributed by atoms with Crippen molar-refractivity contribution in [2.24, 2.45) is 0 Å². The van der Waals surface area contributed by atoms with Crippen molar-refractivity contribution in [3.63, 3.8) is 0 Å². The zero-order valence-corrected chi connectivity index (χ0v) is 27.5. The Bertz CT molecular complexity index is 1910. The monoisotopic (exact) mass is 633 g/mol. The van der Waals surface area contributed by atoms with E-state index in [9.17, 15) is 14.0 Å². The highest BCUT2D eigenvalue weighted by atomic mass is 35.5. The first-order valence-corrected chi connectivity index (χ1v) is 15.7. The highest BCUT2D eigenvalue weighted by molar-refractivity contribution is 6.50. The molecule has 1 atom stereocenters.